The molecule has 0 aromatic heterocycles. The molecule has 0 aliphatic carbocycles. The summed E-state index contributed by atoms with van der Waals surface area (Å²) in [5, 5.41) is 7.98. The highest BCUT2D eigenvalue weighted by molar-refractivity contribution is 5.85. The predicted molar refractivity (Wildman–Crippen MR) is 29.6 cm³/mol. The van der Waals surface area contributed by atoms with Crippen molar-refractivity contribution in [3.63, 3.8) is 0 Å². The van der Waals surface area contributed by atoms with Crippen LogP contribution in [0.1, 0.15) is 6.92 Å². The van der Waals surface area contributed by atoms with Crippen molar-refractivity contribution in [2.75, 3.05) is 0 Å². The molecule has 8 heavy (non-hydrogen) atoms. The van der Waals surface area contributed by atoms with Crippen LogP contribution in [0.25, 0.3) is 0 Å². The Morgan fingerprint density at radius 1 is 1.88 bits per heavy atom. The molecule has 0 aromatic carbocycles. The summed E-state index contributed by atoms with van der Waals surface area (Å²) >= 11 is 0. The molecule has 0 rings (SSSR count). The first-order valence-electron chi connectivity index (χ1n) is 1.77. The van der Waals surface area contributed by atoms with Crippen LogP contribution in [0.4, 0.5) is 0 Å². The molecule has 0 saturated carbocycles. The van der Waals surface area contributed by atoms with Gasteiger partial charge in [-0.3, -0.25) is 4.84 Å². The Morgan fingerprint density at radius 3 is 2.25 bits per heavy atom. The van der Waals surface area contributed by atoms with Gasteiger partial charge in [0, 0.05) is 0 Å². The first-order chi connectivity index (χ1) is 3.18. The Bertz CT molecular complexity index is 76.9. The van der Waals surface area contributed by atoms with Gasteiger partial charge in [0.2, 0.25) is 0 Å². The second-order valence-corrected chi connectivity index (χ2v) is 1.12. The summed E-state index contributed by atoms with van der Waals surface area (Å²) in [6.07, 6.45) is -0.903. The zero-order valence-electron chi connectivity index (χ0n) is 4.33. The van der Waals surface area contributed by atoms with Crippen LogP contribution in [0.3, 0.4) is 0 Å². The second kappa shape index (κ2) is 4.83. The van der Waals surface area contributed by atoms with Crippen LogP contribution in [-0.4, -0.2) is 17.2 Å². The number of hydrogen-bond acceptors (Lipinski definition) is 3. The first-order valence-corrected chi connectivity index (χ1v) is 1.77. The smallest absolute Gasteiger partial charge is 0.334 e. The van der Waals surface area contributed by atoms with E-state index < -0.39 is 12.1 Å². The van der Waals surface area contributed by atoms with Gasteiger partial charge in [0.1, 0.15) is 0 Å². The van der Waals surface area contributed by atoms with Crippen molar-refractivity contribution in [3.05, 3.63) is 0 Å². The first kappa shape index (κ1) is 10.6. The van der Waals surface area contributed by atoms with E-state index in [4.69, 9.17) is 5.11 Å². The number of nitrogens with two attached hydrogens (primary N) is 1. The SMILES string of the molecule is C[C@H](ON)C(=O)O.Cl. The highest BCUT2D eigenvalue weighted by Gasteiger charge is 2.07. The van der Waals surface area contributed by atoms with Crippen LogP contribution in [0, 0.1) is 0 Å². The molecule has 0 aliphatic heterocycles. The van der Waals surface area contributed by atoms with E-state index in [9.17, 15) is 4.79 Å². The number of carboxylic acid groups (broad SMARTS) is 1. The summed E-state index contributed by atoms with van der Waals surface area (Å²) < 4.78 is 0. The molecule has 0 saturated heterocycles. The molecule has 0 aromatic rings. The zero-order valence-corrected chi connectivity index (χ0v) is 5.14. The highest BCUT2D eigenvalue weighted by Crippen LogP contribution is 1.80. The molecule has 5 heteroatoms. The summed E-state index contributed by atoms with van der Waals surface area (Å²) in [7, 11) is 0. The Hall–Kier alpha value is -0.320. The van der Waals surface area contributed by atoms with Gasteiger partial charge in [-0.15, -0.1) is 12.4 Å². The zero-order chi connectivity index (χ0) is 5.86. The quantitative estimate of drug-likeness (QED) is 0.521. The lowest BCUT2D eigenvalue weighted by atomic mass is 10.4. The Morgan fingerprint density at radius 2 is 2.25 bits per heavy atom. The number of carboxylic acids is 1. The predicted octanol–water partition coefficient (Wildman–Crippen LogP) is -0.228. The summed E-state index contributed by atoms with van der Waals surface area (Å²) in [4.78, 5) is 13.6. The summed E-state index contributed by atoms with van der Waals surface area (Å²) in [5.41, 5.74) is 0. The molecule has 4 nitrogen and oxygen atoms in total. The van der Waals surface area contributed by atoms with Crippen molar-refractivity contribution in [1.29, 1.82) is 0 Å². The summed E-state index contributed by atoms with van der Waals surface area (Å²) in [6, 6.07) is 0. The van der Waals surface area contributed by atoms with E-state index in [1.54, 1.807) is 0 Å². The lowest BCUT2D eigenvalue weighted by Crippen LogP contribution is -2.22. The molecule has 0 amide bonds. The molecule has 50 valence electrons. The van der Waals surface area contributed by atoms with Gasteiger partial charge >= 0.3 is 5.97 Å². The minimum Gasteiger partial charge on any atom is -0.479 e. The minimum atomic E-state index is -1.05. The Labute approximate surface area is 53.0 Å². The molecular formula is C3H8ClNO3. The summed E-state index contributed by atoms with van der Waals surface area (Å²) in [5.74, 6) is 3.44. The van der Waals surface area contributed by atoms with Crippen LogP contribution in [0.15, 0.2) is 0 Å². The van der Waals surface area contributed by atoms with Gasteiger partial charge in [0.15, 0.2) is 6.10 Å². The topological polar surface area (TPSA) is 72.5 Å². The van der Waals surface area contributed by atoms with Gasteiger partial charge in [-0.05, 0) is 6.92 Å². The lowest BCUT2D eigenvalue weighted by Gasteiger charge is -1.97. The number of hydrogen-bond donors (Lipinski definition) is 2. The van der Waals surface area contributed by atoms with Crippen molar-refractivity contribution in [3.8, 4) is 0 Å². The van der Waals surface area contributed by atoms with Crippen LogP contribution < -0.4 is 5.90 Å². The normalized spacial score (nSPS) is 11.8. The molecule has 0 radical (unpaired) electrons. The lowest BCUT2D eigenvalue weighted by molar-refractivity contribution is -0.149. The van der Waals surface area contributed by atoms with Gasteiger partial charge in [-0.2, -0.15) is 0 Å². The van der Waals surface area contributed by atoms with Crippen molar-refractivity contribution < 1.29 is 14.7 Å². The van der Waals surface area contributed by atoms with Crippen molar-refractivity contribution in [2.24, 2.45) is 5.90 Å². The standard InChI is InChI=1S/C3H7NO3.ClH/c1-2(7-4)3(5)6;/h2H,4H2,1H3,(H,5,6);1H/t2-;/m0./s1. The minimum absolute atomic E-state index is 0. The van der Waals surface area contributed by atoms with E-state index in [0.29, 0.717) is 0 Å². The number of rotatable bonds is 2. The fraction of sp³-hybridized carbons (Fsp3) is 0.667. The summed E-state index contributed by atoms with van der Waals surface area (Å²) in [6.45, 7) is 1.35. The van der Waals surface area contributed by atoms with Crippen molar-refractivity contribution in [2.45, 2.75) is 13.0 Å². The maximum atomic E-state index is 9.73. The molecule has 0 aliphatic rings. The van der Waals surface area contributed by atoms with Crippen molar-refractivity contribution >= 4 is 18.4 Å². The van der Waals surface area contributed by atoms with E-state index in [-0.39, 0.29) is 12.4 Å². The van der Waals surface area contributed by atoms with E-state index in [1.165, 1.54) is 6.92 Å². The molecule has 1 atom stereocenters. The third-order valence-corrected chi connectivity index (χ3v) is 0.552. The van der Waals surface area contributed by atoms with Gasteiger partial charge in [-0.1, -0.05) is 0 Å². The fourth-order valence-corrected chi connectivity index (χ4v) is 0.0582. The van der Waals surface area contributed by atoms with E-state index in [2.05, 4.69) is 10.7 Å². The molecule has 0 bridgehead atoms. The molecule has 0 spiro atoms. The third kappa shape index (κ3) is 3.86. The molecular weight excluding hydrogens is 133 g/mol. The van der Waals surface area contributed by atoms with E-state index in [1.807, 2.05) is 0 Å². The average Bonchev–Trinajstić information content (AvgIpc) is 1.65. The van der Waals surface area contributed by atoms with E-state index in [0.717, 1.165) is 0 Å². The van der Waals surface area contributed by atoms with Gasteiger partial charge in [-0.25, -0.2) is 10.7 Å². The average molecular weight is 142 g/mol. The van der Waals surface area contributed by atoms with Crippen LogP contribution >= 0.6 is 12.4 Å². The van der Waals surface area contributed by atoms with E-state index >= 15 is 0 Å². The molecule has 0 unspecified atom stereocenters. The monoisotopic (exact) mass is 141 g/mol. The number of halogens is 1. The number of aliphatic carboxylic acids is 1. The Balaban J connectivity index is 0. The van der Waals surface area contributed by atoms with Crippen LogP contribution in [0.2, 0.25) is 0 Å². The third-order valence-electron chi connectivity index (χ3n) is 0.552. The van der Waals surface area contributed by atoms with Crippen molar-refractivity contribution in [1.82, 2.24) is 0 Å². The Kier molecular flexibility index (Phi) is 6.41. The van der Waals surface area contributed by atoms with Crippen LogP contribution in [-0.2, 0) is 9.63 Å². The highest BCUT2D eigenvalue weighted by atomic mass is 35.5. The second-order valence-electron chi connectivity index (χ2n) is 1.12. The molecule has 3 N–H and O–H groups in total. The number of carbonyl (C=O) groups is 1. The molecule has 0 fully saturated rings. The van der Waals surface area contributed by atoms with Gasteiger partial charge < -0.3 is 5.11 Å². The largest absolute Gasteiger partial charge is 0.479 e. The van der Waals surface area contributed by atoms with Gasteiger partial charge in [0.25, 0.3) is 0 Å². The fourth-order valence-electron chi connectivity index (χ4n) is 0.0582. The molecule has 0 heterocycles. The maximum absolute atomic E-state index is 9.73. The van der Waals surface area contributed by atoms with Crippen LogP contribution in [0.5, 0.6) is 0 Å². The maximum Gasteiger partial charge on any atom is 0.334 e. The van der Waals surface area contributed by atoms with Gasteiger partial charge in [0.05, 0.1) is 0 Å².